The SMILES string of the molecule is Nc1ccc(CCNCC(=O)c2ccccc2)cc1. The molecule has 0 aliphatic rings. The van der Waals surface area contributed by atoms with Gasteiger partial charge in [-0.25, -0.2) is 0 Å². The zero-order valence-electron chi connectivity index (χ0n) is 10.8. The van der Waals surface area contributed by atoms with Gasteiger partial charge < -0.3 is 11.1 Å². The molecule has 0 fully saturated rings. The van der Waals surface area contributed by atoms with E-state index in [0.717, 1.165) is 24.2 Å². The van der Waals surface area contributed by atoms with E-state index in [9.17, 15) is 4.79 Å². The van der Waals surface area contributed by atoms with Crippen molar-refractivity contribution in [3.05, 3.63) is 65.7 Å². The summed E-state index contributed by atoms with van der Waals surface area (Å²) in [5.74, 6) is 0.123. The average Bonchev–Trinajstić information content (AvgIpc) is 2.46. The Bertz CT molecular complexity index is 520. The number of rotatable bonds is 6. The minimum absolute atomic E-state index is 0.123. The highest BCUT2D eigenvalue weighted by Crippen LogP contribution is 2.05. The molecule has 0 heterocycles. The minimum atomic E-state index is 0.123. The molecule has 0 aliphatic carbocycles. The molecule has 0 aliphatic heterocycles. The van der Waals surface area contributed by atoms with Crippen molar-refractivity contribution in [2.24, 2.45) is 0 Å². The van der Waals surface area contributed by atoms with Crippen molar-refractivity contribution in [1.29, 1.82) is 0 Å². The van der Waals surface area contributed by atoms with Crippen molar-refractivity contribution in [3.8, 4) is 0 Å². The van der Waals surface area contributed by atoms with Crippen LogP contribution in [-0.4, -0.2) is 18.9 Å². The van der Waals surface area contributed by atoms with Crippen LogP contribution in [0.3, 0.4) is 0 Å². The lowest BCUT2D eigenvalue weighted by Gasteiger charge is -2.05. The molecule has 19 heavy (non-hydrogen) atoms. The summed E-state index contributed by atoms with van der Waals surface area (Å²) in [5.41, 5.74) is 8.37. The van der Waals surface area contributed by atoms with Gasteiger partial charge in [-0.3, -0.25) is 4.79 Å². The third-order valence-electron chi connectivity index (χ3n) is 2.95. The van der Waals surface area contributed by atoms with Crippen molar-refractivity contribution in [3.63, 3.8) is 0 Å². The summed E-state index contributed by atoms with van der Waals surface area (Å²) in [6, 6.07) is 17.1. The van der Waals surface area contributed by atoms with E-state index in [2.05, 4.69) is 5.32 Å². The molecule has 0 amide bonds. The van der Waals surface area contributed by atoms with Crippen molar-refractivity contribution >= 4 is 11.5 Å². The fourth-order valence-corrected chi connectivity index (χ4v) is 1.85. The molecule has 0 radical (unpaired) electrons. The topological polar surface area (TPSA) is 55.1 Å². The first kappa shape index (κ1) is 13.3. The Kier molecular flexibility index (Phi) is 4.70. The van der Waals surface area contributed by atoms with Crippen molar-refractivity contribution in [1.82, 2.24) is 5.32 Å². The Morgan fingerprint density at radius 2 is 1.68 bits per heavy atom. The smallest absolute Gasteiger partial charge is 0.176 e. The van der Waals surface area contributed by atoms with Crippen LogP contribution in [0.25, 0.3) is 0 Å². The second kappa shape index (κ2) is 6.71. The number of anilines is 1. The number of carbonyl (C=O) groups is 1. The van der Waals surface area contributed by atoms with E-state index in [4.69, 9.17) is 5.73 Å². The lowest BCUT2D eigenvalue weighted by molar-refractivity contribution is 0.0991. The molecule has 0 spiro atoms. The van der Waals surface area contributed by atoms with E-state index in [1.54, 1.807) is 0 Å². The standard InChI is InChI=1S/C16H18N2O/c17-15-8-6-13(7-9-15)10-11-18-12-16(19)14-4-2-1-3-5-14/h1-9,18H,10-12,17H2. The Morgan fingerprint density at radius 1 is 1.00 bits per heavy atom. The summed E-state index contributed by atoms with van der Waals surface area (Å²) in [6.07, 6.45) is 0.891. The fourth-order valence-electron chi connectivity index (χ4n) is 1.85. The Hall–Kier alpha value is -2.13. The molecule has 2 aromatic carbocycles. The second-order valence-corrected chi connectivity index (χ2v) is 4.46. The fraction of sp³-hybridized carbons (Fsp3) is 0.188. The van der Waals surface area contributed by atoms with Crippen molar-refractivity contribution in [2.45, 2.75) is 6.42 Å². The van der Waals surface area contributed by atoms with E-state index in [1.807, 2.05) is 54.6 Å². The van der Waals surface area contributed by atoms with E-state index in [0.29, 0.717) is 6.54 Å². The summed E-state index contributed by atoms with van der Waals surface area (Å²) >= 11 is 0. The van der Waals surface area contributed by atoms with Gasteiger partial charge in [0.05, 0.1) is 6.54 Å². The molecule has 98 valence electrons. The molecule has 2 rings (SSSR count). The van der Waals surface area contributed by atoms with Crippen LogP contribution >= 0.6 is 0 Å². The van der Waals surface area contributed by atoms with Crippen LogP contribution < -0.4 is 11.1 Å². The Balaban J connectivity index is 1.72. The van der Waals surface area contributed by atoms with E-state index >= 15 is 0 Å². The lowest BCUT2D eigenvalue weighted by atomic mass is 10.1. The zero-order valence-corrected chi connectivity index (χ0v) is 10.8. The molecular formula is C16H18N2O. The van der Waals surface area contributed by atoms with Crippen LogP contribution in [0.4, 0.5) is 5.69 Å². The molecule has 0 atom stereocenters. The van der Waals surface area contributed by atoms with Crippen LogP contribution in [0.1, 0.15) is 15.9 Å². The summed E-state index contributed by atoms with van der Waals surface area (Å²) in [6.45, 7) is 1.15. The predicted octanol–water partition coefficient (Wildman–Crippen LogP) is 2.28. The number of benzene rings is 2. The molecule has 0 saturated carbocycles. The first-order valence-electron chi connectivity index (χ1n) is 6.39. The number of hydrogen-bond donors (Lipinski definition) is 2. The number of nitrogens with two attached hydrogens (primary N) is 1. The predicted molar refractivity (Wildman–Crippen MR) is 78.2 cm³/mol. The molecule has 3 N–H and O–H groups in total. The largest absolute Gasteiger partial charge is 0.399 e. The first-order valence-corrected chi connectivity index (χ1v) is 6.39. The first-order chi connectivity index (χ1) is 9.25. The van der Waals surface area contributed by atoms with Gasteiger partial charge in [0.1, 0.15) is 0 Å². The summed E-state index contributed by atoms with van der Waals surface area (Å²) < 4.78 is 0. The number of nitrogens with one attached hydrogen (secondary N) is 1. The molecular weight excluding hydrogens is 236 g/mol. The molecule has 0 aromatic heterocycles. The highest BCUT2D eigenvalue weighted by molar-refractivity contribution is 5.97. The van der Waals surface area contributed by atoms with Gasteiger partial charge in [-0.1, -0.05) is 42.5 Å². The third kappa shape index (κ3) is 4.23. The van der Waals surface area contributed by atoms with E-state index in [-0.39, 0.29) is 5.78 Å². The van der Waals surface area contributed by atoms with Crippen LogP contribution in [0.5, 0.6) is 0 Å². The van der Waals surface area contributed by atoms with Crippen molar-refractivity contribution in [2.75, 3.05) is 18.8 Å². The monoisotopic (exact) mass is 254 g/mol. The van der Waals surface area contributed by atoms with Crippen molar-refractivity contribution < 1.29 is 4.79 Å². The molecule has 2 aromatic rings. The molecule has 0 unspecified atom stereocenters. The van der Waals surface area contributed by atoms with E-state index in [1.165, 1.54) is 5.56 Å². The number of ketones is 1. The van der Waals surface area contributed by atoms with Gasteiger partial charge in [0.15, 0.2) is 5.78 Å². The normalized spacial score (nSPS) is 10.3. The van der Waals surface area contributed by atoms with Gasteiger partial charge in [0.2, 0.25) is 0 Å². The minimum Gasteiger partial charge on any atom is -0.399 e. The highest BCUT2D eigenvalue weighted by Gasteiger charge is 2.03. The quantitative estimate of drug-likeness (QED) is 0.472. The molecule has 0 bridgehead atoms. The average molecular weight is 254 g/mol. The van der Waals surface area contributed by atoms with Gasteiger partial charge >= 0.3 is 0 Å². The second-order valence-electron chi connectivity index (χ2n) is 4.46. The molecule has 0 saturated heterocycles. The van der Waals surface area contributed by atoms with Gasteiger partial charge in [0, 0.05) is 11.3 Å². The van der Waals surface area contributed by atoms with E-state index < -0.39 is 0 Å². The summed E-state index contributed by atoms with van der Waals surface area (Å²) in [5, 5.41) is 3.17. The van der Waals surface area contributed by atoms with Crippen LogP contribution in [-0.2, 0) is 6.42 Å². The number of carbonyl (C=O) groups excluding carboxylic acids is 1. The summed E-state index contributed by atoms with van der Waals surface area (Å²) in [4.78, 5) is 11.8. The summed E-state index contributed by atoms with van der Waals surface area (Å²) in [7, 11) is 0. The zero-order chi connectivity index (χ0) is 13.5. The Labute approximate surface area is 113 Å². The number of hydrogen-bond acceptors (Lipinski definition) is 3. The maximum atomic E-state index is 11.8. The third-order valence-corrected chi connectivity index (χ3v) is 2.95. The van der Waals surface area contributed by atoms with Gasteiger partial charge in [-0.05, 0) is 30.7 Å². The van der Waals surface area contributed by atoms with Crippen LogP contribution in [0, 0.1) is 0 Å². The van der Waals surface area contributed by atoms with Gasteiger partial charge in [0.25, 0.3) is 0 Å². The van der Waals surface area contributed by atoms with Crippen LogP contribution in [0.15, 0.2) is 54.6 Å². The lowest BCUT2D eigenvalue weighted by Crippen LogP contribution is -2.25. The molecule has 3 heteroatoms. The maximum absolute atomic E-state index is 11.8. The van der Waals surface area contributed by atoms with Crippen LogP contribution in [0.2, 0.25) is 0 Å². The highest BCUT2D eigenvalue weighted by atomic mass is 16.1. The maximum Gasteiger partial charge on any atom is 0.176 e. The molecule has 3 nitrogen and oxygen atoms in total. The Morgan fingerprint density at radius 3 is 2.37 bits per heavy atom. The van der Waals surface area contributed by atoms with Gasteiger partial charge in [-0.15, -0.1) is 0 Å². The van der Waals surface area contributed by atoms with Gasteiger partial charge in [-0.2, -0.15) is 0 Å². The number of nitrogen functional groups attached to an aromatic ring is 1. The number of Topliss-reactive ketones (excluding diaryl/α,β-unsaturated/α-hetero) is 1.